The summed E-state index contributed by atoms with van der Waals surface area (Å²) in [6.45, 7) is -0.155. The van der Waals surface area contributed by atoms with Gasteiger partial charge < -0.3 is 10.5 Å². The second-order valence-electron chi connectivity index (χ2n) is 3.11. The Morgan fingerprint density at radius 1 is 1.38 bits per heavy atom. The van der Waals surface area contributed by atoms with Crippen LogP contribution < -0.4 is 5.43 Å². The molecule has 0 fully saturated rings. The molecule has 0 atom stereocenters. The van der Waals surface area contributed by atoms with Crippen molar-refractivity contribution in [2.75, 3.05) is 12.0 Å². The van der Waals surface area contributed by atoms with E-state index in [0.717, 1.165) is 5.69 Å². The van der Waals surface area contributed by atoms with Gasteiger partial charge in [0.25, 0.3) is 0 Å². The molecule has 2 aromatic rings. The Morgan fingerprint density at radius 3 is 2.94 bits per heavy atom. The normalized spacial score (nSPS) is 10.0. The smallest absolute Gasteiger partial charge is 0.324 e. The first-order valence-electron chi connectivity index (χ1n) is 4.67. The van der Waals surface area contributed by atoms with Crippen molar-refractivity contribution in [2.24, 2.45) is 0 Å². The minimum absolute atomic E-state index is 0.155. The summed E-state index contributed by atoms with van der Waals surface area (Å²) in [6.07, 6.45) is 4.87. The van der Waals surface area contributed by atoms with E-state index in [0.29, 0.717) is 5.69 Å². The number of aliphatic carboxylic acids is 1. The minimum Gasteiger partial charge on any atom is -0.480 e. The highest BCUT2D eigenvalue weighted by molar-refractivity contribution is 5.70. The van der Waals surface area contributed by atoms with Gasteiger partial charge in [-0.05, 0) is 12.1 Å². The molecule has 0 aliphatic carbocycles. The van der Waals surface area contributed by atoms with Gasteiger partial charge in [0.15, 0.2) is 0 Å². The molecule has 0 aliphatic rings. The van der Waals surface area contributed by atoms with Crippen LogP contribution in [0.5, 0.6) is 0 Å². The van der Waals surface area contributed by atoms with Crippen LogP contribution in [0.3, 0.4) is 0 Å². The number of nitrogens with zero attached hydrogens (tertiary/aromatic N) is 3. The zero-order valence-corrected chi connectivity index (χ0v) is 8.37. The molecule has 0 aliphatic heterocycles. The van der Waals surface area contributed by atoms with E-state index in [1.807, 2.05) is 18.2 Å². The van der Waals surface area contributed by atoms with Crippen molar-refractivity contribution < 1.29 is 9.90 Å². The molecule has 2 rings (SSSR count). The van der Waals surface area contributed by atoms with Gasteiger partial charge >= 0.3 is 5.97 Å². The Labute approximate surface area is 91.6 Å². The largest absolute Gasteiger partial charge is 0.480 e. The summed E-state index contributed by atoms with van der Waals surface area (Å²) >= 11 is 0. The van der Waals surface area contributed by atoms with Gasteiger partial charge in [-0.2, -0.15) is 0 Å². The standard InChI is InChI=1S/C10H10N4O2/c15-10(16)5-13-14-6-9(12-7-14)8-3-1-2-4-11-8/h1-4,6-7,13H,5H2,(H,15,16). The average molecular weight is 218 g/mol. The number of carbonyl (C=O) groups is 1. The summed E-state index contributed by atoms with van der Waals surface area (Å²) in [5.41, 5.74) is 4.10. The van der Waals surface area contributed by atoms with Crippen molar-refractivity contribution in [1.82, 2.24) is 14.6 Å². The van der Waals surface area contributed by atoms with Crippen LogP contribution in [-0.4, -0.2) is 32.3 Å². The van der Waals surface area contributed by atoms with Crippen LogP contribution in [0, 0.1) is 0 Å². The van der Waals surface area contributed by atoms with Crippen LogP contribution in [0.2, 0.25) is 0 Å². The van der Waals surface area contributed by atoms with Crippen molar-refractivity contribution in [2.45, 2.75) is 0 Å². The fourth-order valence-electron chi connectivity index (χ4n) is 1.21. The highest BCUT2D eigenvalue weighted by atomic mass is 16.4. The van der Waals surface area contributed by atoms with Crippen molar-refractivity contribution in [3.8, 4) is 11.4 Å². The Balaban J connectivity index is 2.11. The monoisotopic (exact) mass is 218 g/mol. The van der Waals surface area contributed by atoms with Crippen molar-refractivity contribution >= 4 is 5.97 Å². The molecule has 0 spiro atoms. The molecule has 6 heteroatoms. The molecule has 0 aromatic carbocycles. The third-order valence-electron chi connectivity index (χ3n) is 1.92. The Morgan fingerprint density at radius 2 is 2.25 bits per heavy atom. The molecule has 0 unspecified atom stereocenters. The van der Waals surface area contributed by atoms with Crippen LogP contribution in [-0.2, 0) is 4.79 Å². The molecular weight excluding hydrogens is 208 g/mol. The van der Waals surface area contributed by atoms with Gasteiger partial charge in [0.05, 0.1) is 11.9 Å². The van der Waals surface area contributed by atoms with Gasteiger partial charge in [-0.25, -0.2) is 4.98 Å². The van der Waals surface area contributed by atoms with Gasteiger partial charge in [0.1, 0.15) is 18.6 Å². The molecule has 0 saturated carbocycles. The summed E-state index contributed by atoms with van der Waals surface area (Å²) in [6, 6.07) is 5.53. The van der Waals surface area contributed by atoms with Crippen LogP contribution in [0.25, 0.3) is 11.4 Å². The Kier molecular flexibility index (Phi) is 2.81. The lowest BCUT2D eigenvalue weighted by Crippen LogP contribution is -2.20. The topological polar surface area (TPSA) is 80.0 Å². The third-order valence-corrected chi connectivity index (χ3v) is 1.92. The Bertz CT molecular complexity index is 481. The van der Waals surface area contributed by atoms with Crippen molar-refractivity contribution in [1.29, 1.82) is 0 Å². The molecule has 0 saturated heterocycles. The van der Waals surface area contributed by atoms with E-state index in [1.54, 1.807) is 12.4 Å². The lowest BCUT2D eigenvalue weighted by atomic mass is 10.3. The van der Waals surface area contributed by atoms with Gasteiger partial charge in [0, 0.05) is 6.20 Å². The number of aromatic nitrogens is 3. The quantitative estimate of drug-likeness (QED) is 0.784. The van der Waals surface area contributed by atoms with Crippen molar-refractivity contribution in [3.63, 3.8) is 0 Å². The third kappa shape index (κ3) is 2.35. The number of nitrogens with one attached hydrogen (secondary N) is 1. The predicted molar refractivity (Wildman–Crippen MR) is 57.3 cm³/mol. The summed E-state index contributed by atoms with van der Waals surface area (Å²) in [5, 5.41) is 8.49. The van der Waals surface area contributed by atoms with Crippen LogP contribution in [0.4, 0.5) is 0 Å². The fourth-order valence-corrected chi connectivity index (χ4v) is 1.21. The number of imidazole rings is 1. The number of rotatable bonds is 4. The number of hydrogen-bond acceptors (Lipinski definition) is 4. The van der Waals surface area contributed by atoms with Gasteiger partial charge in [0.2, 0.25) is 0 Å². The lowest BCUT2D eigenvalue weighted by Gasteiger charge is -2.01. The first-order valence-corrected chi connectivity index (χ1v) is 4.67. The van der Waals surface area contributed by atoms with E-state index >= 15 is 0 Å². The van der Waals surface area contributed by atoms with Gasteiger partial charge in [-0.3, -0.25) is 14.5 Å². The number of carboxylic acid groups (broad SMARTS) is 1. The molecule has 2 aromatic heterocycles. The first-order chi connectivity index (χ1) is 7.75. The molecular formula is C10H10N4O2. The number of hydrogen-bond donors (Lipinski definition) is 2. The lowest BCUT2D eigenvalue weighted by molar-refractivity contribution is -0.135. The van der Waals surface area contributed by atoms with E-state index in [-0.39, 0.29) is 6.54 Å². The zero-order chi connectivity index (χ0) is 11.4. The minimum atomic E-state index is -0.923. The number of carboxylic acids is 1. The average Bonchev–Trinajstić information content (AvgIpc) is 2.76. The van der Waals surface area contributed by atoms with E-state index in [9.17, 15) is 4.79 Å². The fraction of sp³-hybridized carbons (Fsp3) is 0.100. The van der Waals surface area contributed by atoms with E-state index in [4.69, 9.17) is 5.11 Å². The number of pyridine rings is 1. The van der Waals surface area contributed by atoms with Gasteiger partial charge in [-0.1, -0.05) is 6.07 Å². The van der Waals surface area contributed by atoms with Crippen LogP contribution >= 0.6 is 0 Å². The molecule has 2 heterocycles. The Hall–Kier alpha value is -2.37. The second kappa shape index (κ2) is 4.43. The summed E-state index contributed by atoms with van der Waals surface area (Å²) in [5.74, 6) is -0.923. The summed E-state index contributed by atoms with van der Waals surface area (Å²) < 4.78 is 1.50. The zero-order valence-electron chi connectivity index (χ0n) is 8.37. The molecule has 0 bridgehead atoms. The second-order valence-corrected chi connectivity index (χ2v) is 3.11. The maximum atomic E-state index is 10.3. The van der Waals surface area contributed by atoms with E-state index in [1.165, 1.54) is 11.0 Å². The van der Waals surface area contributed by atoms with Gasteiger partial charge in [-0.15, -0.1) is 0 Å². The molecule has 82 valence electrons. The SMILES string of the molecule is O=C(O)CNn1cnc(-c2ccccn2)c1. The predicted octanol–water partition coefficient (Wildman–Crippen LogP) is 0.573. The first kappa shape index (κ1) is 10.2. The molecule has 0 amide bonds. The van der Waals surface area contributed by atoms with Crippen molar-refractivity contribution in [3.05, 3.63) is 36.9 Å². The van der Waals surface area contributed by atoms with E-state index in [2.05, 4.69) is 15.4 Å². The molecule has 0 radical (unpaired) electrons. The van der Waals surface area contributed by atoms with Crippen LogP contribution in [0.15, 0.2) is 36.9 Å². The summed E-state index contributed by atoms with van der Waals surface area (Å²) in [4.78, 5) is 18.6. The van der Waals surface area contributed by atoms with Crippen LogP contribution in [0.1, 0.15) is 0 Å². The molecule has 6 nitrogen and oxygen atoms in total. The highest BCUT2D eigenvalue weighted by Gasteiger charge is 2.03. The van der Waals surface area contributed by atoms with E-state index < -0.39 is 5.97 Å². The maximum Gasteiger partial charge on any atom is 0.324 e. The molecule has 16 heavy (non-hydrogen) atoms. The molecule has 2 N–H and O–H groups in total. The summed E-state index contributed by atoms with van der Waals surface area (Å²) in [7, 11) is 0. The highest BCUT2D eigenvalue weighted by Crippen LogP contribution is 2.11. The maximum absolute atomic E-state index is 10.3.